The standard InChI is InChI=1S/C14H9Br2ClF2O/c15-10-3-4-12(18)9(14(10)19)6-13(20)8-2-1-7(17)5-11(8)16/h1-5,13,20H,6H2. The fourth-order valence-electron chi connectivity index (χ4n) is 1.83. The van der Waals surface area contributed by atoms with Crippen molar-refractivity contribution in [3.8, 4) is 0 Å². The molecule has 0 spiro atoms. The first-order chi connectivity index (χ1) is 9.40. The lowest BCUT2D eigenvalue weighted by Crippen LogP contribution is -2.07. The van der Waals surface area contributed by atoms with Crippen molar-refractivity contribution in [2.24, 2.45) is 0 Å². The highest BCUT2D eigenvalue weighted by Gasteiger charge is 2.19. The van der Waals surface area contributed by atoms with Crippen LogP contribution in [0.4, 0.5) is 8.78 Å². The lowest BCUT2D eigenvalue weighted by atomic mass is 10.0. The molecule has 2 aromatic rings. The van der Waals surface area contributed by atoms with Crippen molar-refractivity contribution >= 4 is 43.5 Å². The minimum Gasteiger partial charge on any atom is -0.388 e. The highest BCUT2D eigenvalue weighted by molar-refractivity contribution is 9.10. The third-order valence-electron chi connectivity index (χ3n) is 2.86. The molecule has 1 atom stereocenters. The van der Waals surface area contributed by atoms with Crippen LogP contribution in [0.5, 0.6) is 0 Å². The Labute approximate surface area is 136 Å². The number of aliphatic hydroxyl groups is 1. The van der Waals surface area contributed by atoms with Gasteiger partial charge in [-0.05, 0) is 45.8 Å². The van der Waals surface area contributed by atoms with Gasteiger partial charge in [-0.15, -0.1) is 0 Å². The lowest BCUT2D eigenvalue weighted by Gasteiger charge is -2.14. The van der Waals surface area contributed by atoms with Crippen LogP contribution in [0.1, 0.15) is 17.2 Å². The van der Waals surface area contributed by atoms with Gasteiger partial charge in [0.25, 0.3) is 0 Å². The van der Waals surface area contributed by atoms with Crippen molar-refractivity contribution < 1.29 is 13.9 Å². The van der Waals surface area contributed by atoms with Crippen LogP contribution in [-0.2, 0) is 6.42 Å². The molecular formula is C14H9Br2ClF2O. The number of aliphatic hydroxyl groups excluding tert-OH is 1. The average molecular weight is 426 g/mol. The molecule has 0 aliphatic rings. The van der Waals surface area contributed by atoms with Gasteiger partial charge >= 0.3 is 0 Å². The predicted molar refractivity (Wildman–Crippen MR) is 81.9 cm³/mol. The molecule has 0 amide bonds. The minimum absolute atomic E-state index is 0.159. The lowest BCUT2D eigenvalue weighted by molar-refractivity contribution is 0.175. The van der Waals surface area contributed by atoms with Gasteiger partial charge in [-0.25, -0.2) is 8.78 Å². The zero-order valence-corrected chi connectivity index (χ0v) is 13.9. The average Bonchev–Trinajstić information content (AvgIpc) is 2.39. The zero-order chi connectivity index (χ0) is 14.9. The molecule has 0 aliphatic heterocycles. The van der Waals surface area contributed by atoms with Gasteiger partial charge in [0.2, 0.25) is 0 Å². The third-order valence-corrected chi connectivity index (χ3v) is 4.39. The van der Waals surface area contributed by atoms with Crippen LogP contribution in [0.3, 0.4) is 0 Å². The van der Waals surface area contributed by atoms with Crippen molar-refractivity contribution in [3.63, 3.8) is 0 Å². The second kappa shape index (κ2) is 6.52. The molecule has 0 aliphatic carbocycles. The molecule has 6 heteroatoms. The predicted octanol–water partition coefficient (Wildman–Crippen LogP) is 5.42. The summed E-state index contributed by atoms with van der Waals surface area (Å²) in [6.45, 7) is 0. The second-order valence-electron chi connectivity index (χ2n) is 4.21. The fraction of sp³-hybridized carbons (Fsp3) is 0.143. The van der Waals surface area contributed by atoms with Crippen LogP contribution in [0.2, 0.25) is 5.02 Å². The second-order valence-corrected chi connectivity index (χ2v) is 6.35. The monoisotopic (exact) mass is 424 g/mol. The Morgan fingerprint density at radius 1 is 1.10 bits per heavy atom. The normalized spacial score (nSPS) is 12.5. The summed E-state index contributed by atoms with van der Waals surface area (Å²) in [5.41, 5.74) is 0.363. The molecule has 0 radical (unpaired) electrons. The Kier molecular flexibility index (Phi) is 5.18. The van der Waals surface area contributed by atoms with Crippen LogP contribution >= 0.6 is 43.5 Å². The van der Waals surface area contributed by atoms with E-state index in [-0.39, 0.29) is 16.5 Å². The van der Waals surface area contributed by atoms with E-state index in [0.29, 0.717) is 15.1 Å². The van der Waals surface area contributed by atoms with E-state index in [1.165, 1.54) is 6.07 Å². The molecule has 0 saturated heterocycles. The quantitative estimate of drug-likeness (QED) is 0.650. The van der Waals surface area contributed by atoms with E-state index in [9.17, 15) is 13.9 Å². The molecule has 0 heterocycles. The molecule has 0 aromatic heterocycles. The van der Waals surface area contributed by atoms with E-state index < -0.39 is 17.7 Å². The topological polar surface area (TPSA) is 20.2 Å². The number of hydrogen-bond acceptors (Lipinski definition) is 1. The molecule has 0 fully saturated rings. The van der Waals surface area contributed by atoms with Crippen LogP contribution in [-0.4, -0.2) is 5.11 Å². The summed E-state index contributed by atoms with van der Waals surface area (Å²) in [6.07, 6.45) is -1.21. The summed E-state index contributed by atoms with van der Waals surface area (Å²) >= 11 is 12.1. The van der Waals surface area contributed by atoms with E-state index in [1.807, 2.05) is 0 Å². The maximum atomic E-state index is 13.9. The Morgan fingerprint density at radius 2 is 1.80 bits per heavy atom. The summed E-state index contributed by atoms with van der Waals surface area (Å²) in [7, 11) is 0. The Bertz CT molecular complexity index is 649. The third kappa shape index (κ3) is 3.39. The summed E-state index contributed by atoms with van der Waals surface area (Å²) in [6, 6.07) is 7.29. The summed E-state index contributed by atoms with van der Waals surface area (Å²) in [5, 5.41) is 10.7. The van der Waals surface area contributed by atoms with E-state index in [2.05, 4.69) is 31.9 Å². The summed E-state index contributed by atoms with van der Waals surface area (Å²) in [4.78, 5) is 0. The highest BCUT2D eigenvalue weighted by Crippen LogP contribution is 2.31. The summed E-state index contributed by atoms with van der Waals surface area (Å²) < 4.78 is 28.3. The van der Waals surface area contributed by atoms with Crippen LogP contribution in [0.25, 0.3) is 0 Å². The molecule has 1 N–H and O–H groups in total. The van der Waals surface area contributed by atoms with Gasteiger partial charge in [-0.3, -0.25) is 0 Å². The highest BCUT2D eigenvalue weighted by atomic mass is 79.9. The van der Waals surface area contributed by atoms with Crippen molar-refractivity contribution in [2.45, 2.75) is 12.5 Å². The van der Waals surface area contributed by atoms with Crippen molar-refractivity contribution in [3.05, 3.63) is 67.1 Å². The Hall–Kier alpha value is -0.490. The van der Waals surface area contributed by atoms with Gasteiger partial charge in [0.15, 0.2) is 0 Å². The Balaban J connectivity index is 2.32. The van der Waals surface area contributed by atoms with Gasteiger partial charge in [0, 0.05) is 21.5 Å². The van der Waals surface area contributed by atoms with E-state index in [4.69, 9.17) is 11.6 Å². The van der Waals surface area contributed by atoms with Crippen molar-refractivity contribution in [2.75, 3.05) is 0 Å². The van der Waals surface area contributed by atoms with Crippen molar-refractivity contribution in [1.82, 2.24) is 0 Å². The fourth-order valence-corrected chi connectivity index (χ4v) is 3.15. The zero-order valence-electron chi connectivity index (χ0n) is 10.0. The smallest absolute Gasteiger partial charge is 0.143 e. The SMILES string of the molecule is OC(Cc1c(F)ccc(Br)c1F)c1ccc(Cl)cc1Br. The first-order valence-corrected chi connectivity index (χ1v) is 7.62. The summed E-state index contributed by atoms with van der Waals surface area (Å²) in [5.74, 6) is -1.39. The van der Waals surface area contributed by atoms with E-state index >= 15 is 0 Å². The molecule has 1 unspecified atom stereocenters. The Morgan fingerprint density at radius 3 is 2.45 bits per heavy atom. The van der Waals surface area contributed by atoms with Crippen LogP contribution in [0, 0.1) is 11.6 Å². The van der Waals surface area contributed by atoms with Crippen molar-refractivity contribution in [1.29, 1.82) is 0 Å². The molecule has 2 aromatic carbocycles. The minimum atomic E-state index is -1.04. The van der Waals surface area contributed by atoms with Crippen LogP contribution < -0.4 is 0 Å². The number of hydrogen-bond donors (Lipinski definition) is 1. The van der Waals surface area contributed by atoms with Gasteiger partial charge in [-0.1, -0.05) is 33.6 Å². The number of rotatable bonds is 3. The molecule has 20 heavy (non-hydrogen) atoms. The van der Waals surface area contributed by atoms with Gasteiger partial charge in [0.05, 0.1) is 10.6 Å². The molecule has 0 saturated carbocycles. The molecule has 1 nitrogen and oxygen atoms in total. The van der Waals surface area contributed by atoms with Gasteiger partial charge in [-0.2, -0.15) is 0 Å². The van der Waals surface area contributed by atoms with E-state index in [1.54, 1.807) is 18.2 Å². The van der Waals surface area contributed by atoms with Gasteiger partial charge in [0.1, 0.15) is 11.6 Å². The van der Waals surface area contributed by atoms with Crippen LogP contribution in [0.15, 0.2) is 39.3 Å². The largest absolute Gasteiger partial charge is 0.388 e. The molecule has 2 rings (SSSR count). The maximum absolute atomic E-state index is 13.9. The number of benzene rings is 2. The molecule has 0 bridgehead atoms. The first kappa shape index (κ1) is 15.9. The van der Waals surface area contributed by atoms with E-state index in [0.717, 1.165) is 6.07 Å². The number of halogens is 5. The first-order valence-electron chi connectivity index (χ1n) is 5.65. The van der Waals surface area contributed by atoms with Gasteiger partial charge < -0.3 is 5.11 Å². The molecular weight excluding hydrogens is 417 g/mol. The maximum Gasteiger partial charge on any atom is 0.143 e. The molecule has 106 valence electrons.